The van der Waals surface area contributed by atoms with Crippen molar-refractivity contribution in [3.05, 3.63) is 29.3 Å². The summed E-state index contributed by atoms with van der Waals surface area (Å²) in [6, 6.07) is 6.27. The van der Waals surface area contributed by atoms with Crippen molar-refractivity contribution < 1.29 is 9.47 Å². The van der Waals surface area contributed by atoms with E-state index >= 15 is 0 Å². The Bertz CT molecular complexity index is 489. The molecule has 1 rings (SSSR count). The topological polar surface area (TPSA) is 54.9 Å². The molecule has 2 N–H and O–H groups in total. The van der Waals surface area contributed by atoms with Crippen molar-refractivity contribution in [3.8, 4) is 5.75 Å². The minimum Gasteiger partial charge on any atom is -0.490 e. The Balaban J connectivity index is 2.81. The van der Waals surface area contributed by atoms with Gasteiger partial charge in [-0.3, -0.25) is 0 Å². The molecule has 1 unspecified atom stereocenters. The number of methoxy groups -OCH3 is 1. The normalized spacial score (nSPS) is 12.8. The van der Waals surface area contributed by atoms with E-state index < -0.39 is 0 Å². The highest BCUT2D eigenvalue weighted by molar-refractivity contribution is 5.79. The number of nitrogens with one attached hydrogen (secondary N) is 2. The molecule has 5 heteroatoms. The molecule has 0 saturated carbocycles. The lowest BCUT2D eigenvalue weighted by Crippen LogP contribution is -2.38. The fraction of sp³-hybridized carbons (Fsp3) is 0.611. The van der Waals surface area contributed by atoms with Crippen molar-refractivity contribution in [3.63, 3.8) is 0 Å². The lowest BCUT2D eigenvalue weighted by molar-refractivity contribution is 0.203. The molecule has 0 heterocycles. The zero-order valence-electron chi connectivity index (χ0n) is 15.1. The number of nitrogens with zero attached hydrogens (tertiary/aromatic N) is 1. The van der Waals surface area contributed by atoms with Crippen molar-refractivity contribution in [2.24, 2.45) is 4.99 Å². The van der Waals surface area contributed by atoms with E-state index in [0.717, 1.165) is 36.8 Å². The first kappa shape index (κ1) is 19.3. The molecule has 0 saturated heterocycles. The van der Waals surface area contributed by atoms with Crippen LogP contribution in [-0.4, -0.2) is 38.9 Å². The second-order valence-corrected chi connectivity index (χ2v) is 5.56. The van der Waals surface area contributed by atoms with Crippen LogP contribution in [0, 0.1) is 6.92 Å². The molecule has 1 atom stereocenters. The van der Waals surface area contributed by atoms with Crippen LogP contribution in [0.4, 0.5) is 0 Å². The Kier molecular flexibility index (Phi) is 9.14. The van der Waals surface area contributed by atoms with Gasteiger partial charge in [-0.2, -0.15) is 0 Å². The van der Waals surface area contributed by atoms with Gasteiger partial charge in [0.1, 0.15) is 5.75 Å². The van der Waals surface area contributed by atoms with E-state index in [-0.39, 0.29) is 6.10 Å². The minimum absolute atomic E-state index is 0.201. The summed E-state index contributed by atoms with van der Waals surface area (Å²) in [5, 5.41) is 6.48. The van der Waals surface area contributed by atoms with E-state index in [1.165, 1.54) is 5.56 Å². The predicted molar refractivity (Wildman–Crippen MR) is 96.3 cm³/mol. The maximum atomic E-state index is 6.04. The molecule has 23 heavy (non-hydrogen) atoms. The van der Waals surface area contributed by atoms with Crippen LogP contribution in [0.15, 0.2) is 23.2 Å². The molecular weight excluding hydrogens is 290 g/mol. The van der Waals surface area contributed by atoms with Crippen LogP contribution in [0.2, 0.25) is 0 Å². The molecule has 130 valence electrons. The molecule has 0 spiro atoms. The second-order valence-electron chi connectivity index (χ2n) is 5.56. The van der Waals surface area contributed by atoms with Gasteiger partial charge in [0.2, 0.25) is 0 Å². The Labute approximate surface area is 140 Å². The highest BCUT2D eigenvalue weighted by atomic mass is 16.5. The van der Waals surface area contributed by atoms with Crippen molar-refractivity contribution >= 4 is 5.96 Å². The molecule has 1 aromatic rings. The first-order chi connectivity index (χ1) is 11.1. The first-order valence-electron chi connectivity index (χ1n) is 8.38. The summed E-state index contributed by atoms with van der Waals surface area (Å²) >= 11 is 0. The van der Waals surface area contributed by atoms with Crippen LogP contribution in [0.3, 0.4) is 0 Å². The third-order valence-electron chi connectivity index (χ3n) is 3.48. The van der Waals surface area contributed by atoms with Crippen molar-refractivity contribution in [1.82, 2.24) is 10.6 Å². The number of guanidine groups is 1. The van der Waals surface area contributed by atoms with E-state index in [9.17, 15) is 0 Å². The number of hydrogen-bond acceptors (Lipinski definition) is 3. The van der Waals surface area contributed by atoms with Gasteiger partial charge in [0, 0.05) is 25.8 Å². The highest BCUT2D eigenvalue weighted by Crippen LogP contribution is 2.23. The van der Waals surface area contributed by atoms with Crippen LogP contribution < -0.4 is 15.4 Å². The van der Waals surface area contributed by atoms with Gasteiger partial charge >= 0.3 is 0 Å². The van der Waals surface area contributed by atoms with Gasteiger partial charge < -0.3 is 20.1 Å². The Morgan fingerprint density at radius 1 is 1.26 bits per heavy atom. The standard InChI is InChI=1S/C18H31N3O2/c1-6-15(4)23-17-12-14(3)8-9-16(17)13-21-18(19-7-2)20-10-11-22-5/h8-9,12,15H,6-7,10-11,13H2,1-5H3,(H2,19,20,21). The van der Waals surface area contributed by atoms with E-state index in [0.29, 0.717) is 13.2 Å². The van der Waals surface area contributed by atoms with Crippen LogP contribution in [0.25, 0.3) is 0 Å². The summed E-state index contributed by atoms with van der Waals surface area (Å²) in [7, 11) is 1.69. The largest absolute Gasteiger partial charge is 0.490 e. The Hall–Kier alpha value is -1.75. The lowest BCUT2D eigenvalue weighted by Gasteiger charge is -2.17. The monoisotopic (exact) mass is 321 g/mol. The van der Waals surface area contributed by atoms with Crippen molar-refractivity contribution in [2.75, 3.05) is 26.8 Å². The van der Waals surface area contributed by atoms with Crippen LogP contribution in [0.5, 0.6) is 5.75 Å². The highest BCUT2D eigenvalue weighted by Gasteiger charge is 2.08. The maximum absolute atomic E-state index is 6.04. The summed E-state index contributed by atoms with van der Waals surface area (Å²) in [4.78, 5) is 4.64. The van der Waals surface area contributed by atoms with E-state index in [1.807, 2.05) is 0 Å². The summed E-state index contributed by atoms with van der Waals surface area (Å²) in [5.41, 5.74) is 2.29. The number of aryl methyl sites for hydroxylation is 1. The summed E-state index contributed by atoms with van der Waals surface area (Å²) in [6.45, 7) is 11.1. The average molecular weight is 321 g/mol. The fourth-order valence-corrected chi connectivity index (χ4v) is 1.98. The van der Waals surface area contributed by atoms with Gasteiger partial charge in [0.05, 0.1) is 19.3 Å². The quantitative estimate of drug-likeness (QED) is 0.417. The van der Waals surface area contributed by atoms with Crippen molar-refractivity contribution in [2.45, 2.75) is 46.8 Å². The molecule has 0 aliphatic carbocycles. The van der Waals surface area contributed by atoms with E-state index in [4.69, 9.17) is 9.47 Å². The lowest BCUT2D eigenvalue weighted by atomic mass is 10.1. The zero-order chi connectivity index (χ0) is 17.1. The van der Waals surface area contributed by atoms with E-state index in [2.05, 4.69) is 61.5 Å². The first-order valence-corrected chi connectivity index (χ1v) is 8.38. The SMILES string of the molecule is CCNC(=NCc1ccc(C)cc1OC(C)CC)NCCOC. The third-order valence-corrected chi connectivity index (χ3v) is 3.48. The van der Waals surface area contributed by atoms with Gasteiger partial charge in [-0.25, -0.2) is 4.99 Å². The zero-order valence-corrected chi connectivity index (χ0v) is 15.1. The van der Waals surface area contributed by atoms with Gasteiger partial charge in [-0.1, -0.05) is 19.1 Å². The molecule has 0 aliphatic rings. The van der Waals surface area contributed by atoms with Crippen LogP contribution in [0.1, 0.15) is 38.3 Å². The molecule has 0 aliphatic heterocycles. The number of benzene rings is 1. The summed E-state index contributed by atoms with van der Waals surface area (Å²) in [6.07, 6.45) is 1.19. The molecule has 0 aromatic heterocycles. The van der Waals surface area contributed by atoms with Gasteiger partial charge in [0.15, 0.2) is 5.96 Å². The van der Waals surface area contributed by atoms with Crippen molar-refractivity contribution in [1.29, 1.82) is 0 Å². The molecular formula is C18H31N3O2. The smallest absolute Gasteiger partial charge is 0.191 e. The minimum atomic E-state index is 0.201. The summed E-state index contributed by atoms with van der Waals surface area (Å²) in [5.74, 6) is 1.72. The van der Waals surface area contributed by atoms with Crippen LogP contribution >= 0.6 is 0 Å². The molecule has 5 nitrogen and oxygen atoms in total. The van der Waals surface area contributed by atoms with Gasteiger partial charge in [0.25, 0.3) is 0 Å². The number of rotatable bonds is 9. The molecule has 0 bridgehead atoms. The van der Waals surface area contributed by atoms with Gasteiger partial charge in [-0.05, 0) is 38.8 Å². The molecule has 0 amide bonds. The molecule has 1 aromatic carbocycles. The fourth-order valence-electron chi connectivity index (χ4n) is 1.98. The predicted octanol–water partition coefficient (Wildman–Crippen LogP) is 2.87. The average Bonchev–Trinajstić information content (AvgIpc) is 2.54. The molecule has 0 fully saturated rings. The Morgan fingerprint density at radius 2 is 2.04 bits per heavy atom. The number of aliphatic imine (C=N–C) groups is 1. The van der Waals surface area contributed by atoms with E-state index in [1.54, 1.807) is 7.11 Å². The third kappa shape index (κ3) is 7.37. The number of ether oxygens (including phenoxy) is 2. The second kappa shape index (κ2) is 10.9. The molecule has 0 radical (unpaired) electrons. The number of hydrogen-bond donors (Lipinski definition) is 2. The summed E-state index contributed by atoms with van der Waals surface area (Å²) < 4.78 is 11.1. The van der Waals surface area contributed by atoms with Crippen LogP contribution in [-0.2, 0) is 11.3 Å². The maximum Gasteiger partial charge on any atom is 0.191 e. The van der Waals surface area contributed by atoms with Gasteiger partial charge in [-0.15, -0.1) is 0 Å². The Morgan fingerprint density at radius 3 is 2.70 bits per heavy atom.